The maximum Gasteiger partial charge on any atom is 0.325 e. The van der Waals surface area contributed by atoms with Crippen LogP contribution in [0, 0.1) is 0 Å². The standard InChI is InChI=1S/C15H17N7O2/c1-2-16-14-18-8-11(9-19-14)12-17-4-6-22(12)5-3-10-7-20-15(24)21-13(10)23/h4,6-9H,2-3,5H2,1H3,(H,16,18,19)(H2,20,21,23,24). The Morgan fingerprint density at radius 1 is 1.21 bits per heavy atom. The van der Waals surface area contributed by atoms with E-state index >= 15 is 0 Å². The summed E-state index contributed by atoms with van der Waals surface area (Å²) in [5.74, 6) is 1.29. The van der Waals surface area contributed by atoms with Crippen LogP contribution in [0.1, 0.15) is 12.5 Å². The first kappa shape index (κ1) is 15.7. The molecule has 0 aliphatic heterocycles. The Morgan fingerprint density at radius 3 is 2.71 bits per heavy atom. The number of rotatable bonds is 6. The third-order valence-electron chi connectivity index (χ3n) is 3.48. The van der Waals surface area contributed by atoms with Crippen molar-refractivity contribution < 1.29 is 0 Å². The van der Waals surface area contributed by atoms with Gasteiger partial charge in [-0.15, -0.1) is 0 Å². The van der Waals surface area contributed by atoms with Gasteiger partial charge in [0.05, 0.1) is 5.56 Å². The number of nitrogens with zero attached hydrogens (tertiary/aromatic N) is 4. The lowest BCUT2D eigenvalue weighted by Crippen LogP contribution is -2.25. The molecule has 3 aromatic heterocycles. The number of imidazole rings is 1. The smallest absolute Gasteiger partial charge is 0.325 e. The first-order chi connectivity index (χ1) is 11.7. The minimum atomic E-state index is -0.509. The molecule has 3 N–H and O–H groups in total. The summed E-state index contributed by atoms with van der Waals surface area (Å²) in [6.45, 7) is 3.27. The Balaban J connectivity index is 1.77. The average Bonchev–Trinajstić information content (AvgIpc) is 3.04. The first-order valence-corrected chi connectivity index (χ1v) is 7.55. The maximum absolute atomic E-state index is 11.7. The molecule has 3 rings (SSSR count). The molecule has 0 aliphatic carbocycles. The van der Waals surface area contributed by atoms with E-state index in [9.17, 15) is 9.59 Å². The Labute approximate surface area is 136 Å². The molecule has 0 aliphatic rings. The summed E-state index contributed by atoms with van der Waals surface area (Å²) in [4.78, 5) is 40.3. The summed E-state index contributed by atoms with van der Waals surface area (Å²) in [6, 6.07) is 0. The molecule has 0 radical (unpaired) electrons. The minimum absolute atomic E-state index is 0.376. The van der Waals surface area contributed by atoms with Crippen molar-refractivity contribution in [2.24, 2.45) is 0 Å². The predicted octanol–water partition coefficient (Wildman–Crippen LogP) is 0.391. The highest BCUT2D eigenvalue weighted by atomic mass is 16.2. The molecule has 9 heteroatoms. The van der Waals surface area contributed by atoms with E-state index in [2.05, 4.69) is 30.2 Å². The molecular weight excluding hydrogens is 310 g/mol. The third-order valence-corrected chi connectivity index (χ3v) is 3.48. The fourth-order valence-corrected chi connectivity index (χ4v) is 2.31. The van der Waals surface area contributed by atoms with Crippen LogP contribution in [0.15, 0.2) is 40.6 Å². The minimum Gasteiger partial charge on any atom is -0.355 e. The van der Waals surface area contributed by atoms with Gasteiger partial charge in [0.15, 0.2) is 0 Å². The second-order valence-electron chi connectivity index (χ2n) is 5.12. The van der Waals surface area contributed by atoms with Crippen molar-refractivity contribution in [2.75, 3.05) is 11.9 Å². The molecular formula is C15H17N7O2. The number of aromatic nitrogens is 6. The van der Waals surface area contributed by atoms with E-state index in [0.717, 1.165) is 17.9 Å². The molecule has 0 amide bonds. The van der Waals surface area contributed by atoms with Crippen LogP contribution < -0.4 is 16.6 Å². The van der Waals surface area contributed by atoms with Gasteiger partial charge in [-0.2, -0.15) is 0 Å². The van der Waals surface area contributed by atoms with Crippen LogP contribution in [0.5, 0.6) is 0 Å². The second kappa shape index (κ2) is 6.90. The van der Waals surface area contributed by atoms with Crippen molar-refractivity contribution >= 4 is 5.95 Å². The number of hydrogen-bond donors (Lipinski definition) is 3. The third kappa shape index (κ3) is 3.40. The van der Waals surface area contributed by atoms with Crippen molar-refractivity contribution in [3.05, 3.63) is 57.4 Å². The molecule has 0 unspecified atom stereocenters. The van der Waals surface area contributed by atoms with Crippen LogP contribution in [-0.2, 0) is 13.0 Å². The van der Waals surface area contributed by atoms with Crippen LogP contribution in [0.4, 0.5) is 5.95 Å². The summed E-state index contributed by atoms with van der Waals surface area (Å²) in [6.07, 6.45) is 8.82. The summed E-state index contributed by atoms with van der Waals surface area (Å²) < 4.78 is 1.91. The zero-order valence-electron chi connectivity index (χ0n) is 13.1. The fraction of sp³-hybridized carbons (Fsp3) is 0.267. The molecule has 0 spiro atoms. The monoisotopic (exact) mass is 327 g/mol. The Kier molecular flexibility index (Phi) is 4.50. The van der Waals surface area contributed by atoms with E-state index in [-0.39, 0.29) is 5.56 Å². The van der Waals surface area contributed by atoms with Gasteiger partial charge < -0.3 is 14.9 Å². The first-order valence-electron chi connectivity index (χ1n) is 7.55. The SMILES string of the molecule is CCNc1ncc(-c2nccn2CCc2c[nH]c(=O)[nH]c2=O)cn1. The van der Waals surface area contributed by atoms with Crippen LogP contribution in [-0.4, -0.2) is 36.0 Å². The quantitative estimate of drug-likeness (QED) is 0.602. The van der Waals surface area contributed by atoms with E-state index in [1.165, 1.54) is 6.20 Å². The molecule has 0 fully saturated rings. The van der Waals surface area contributed by atoms with Gasteiger partial charge in [0.2, 0.25) is 5.95 Å². The highest BCUT2D eigenvalue weighted by Crippen LogP contribution is 2.16. The van der Waals surface area contributed by atoms with Gasteiger partial charge in [0.25, 0.3) is 5.56 Å². The average molecular weight is 327 g/mol. The van der Waals surface area contributed by atoms with Gasteiger partial charge in [-0.1, -0.05) is 0 Å². The lowest BCUT2D eigenvalue weighted by molar-refractivity contribution is 0.694. The topological polar surface area (TPSA) is 121 Å². The van der Waals surface area contributed by atoms with Gasteiger partial charge in [-0.05, 0) is 13.3 Å². The van der Waals surface area contributed by atoms with E-state index in [1.807, 2.05) is 17.7 Å². The van der Waals surface area contributed by atoms with Gasteiger partial charge in [0.1, 0.15) is 5.82 Å². The number of aryl methyl sites for hydroxylation is 2. The lowest BCUT2D eigenvalue weighted by Gasteiger charge is -2.08. The molecule has 0 saturated heterocycles. The number of nitrogens with one attached hydrogen (secondary N) is 3. The Hall–Kier alpha value is -3.23. The summed E-state index contributed by atoms with van der Waals surface area (Å²) in [7, 11) is 0. The number of anilines is 1. The molecule has 124 valence electrons. The molecule has 3 heterocycles. The van der Waals surface area contributed by atoms with Crippen LogP contribution in [0.2, 0.25) is 0 Å². The molecule has 9 nitrogen and oxygen atoms in total. The van der Waals surface area contributed by atoms with Gasteiger partial charge in [-0.3, -0.25) is 9.78 Å². The predicted molar refractivity (Wildman–Crippen MR) is 88.8 cm³/mol. The zero-order valence-corrected chi connectivity index (χ0v) is 13.1. The molecule has 0 bridgehead atoms. The van der Waals surface area contributed by atoms with Crippen molar-refractivity contribution in [2.45, 2.75) is 19.9 Å². The molecule has 3 aromatic rings. The lowest BCUT2D eigenvalue weighted by atomic mass is 10.2. The largest absolute Gasteiger partial charge is 0.355 e. The summed E-state index contributed by atoms with van der Waals surface area (Å²) in [5, 5.41) is 3.04. The van der Waals surface area contributed by atoms with Gasteiger partial charge in [0, 0.05) is 49.6 Å². The number of H-pyrrole nitrogens is 2. The van der Waals surface area contributed by atoms with E-state index < -0.39 is 5.69 Å². The Bertz CT molecular complexity index is 924. The highest BCUT2D eigenvalue weighted by molar-refractivity contribution is 5.53. The highest BCUT2D eigenvalue weighted by Gasteiger charge is 2.08. The summed E-state index contributed by atoms with van der Waals surface area (Å²) >= 11 is 0. The molecule has 0 aromatic carbocycles. The van der Waals surface area contributed by atoms with Crippen molar-refractivity contribution in [1.29, 1.82) is 0 Å². The van der Waals surface area contributed by atoms with Crippen LogP contribution >= 0.6 is 0 Å². The van der Waals surface area contributed by atoms with Gasteiger partial charge in [-0.25, -0.2) is 19.7 Å². The summed E-state index contributed by atoms with van der Waals surface area (Å²) in [5.41, 5.74) is 0.411. The number of hydrogen-bond acceptors (Lipinski definition) is 6. The van der Waals surface area contributed by atoms with Gasteiger partial charge >= 0.3 is 5.69 Å². The van der Waals surface area contributed by atoms with E-state index in [4.69, 9.17) is 0 Å². The van der Waals surface area contributed by atoms with Crippen molar-refractivity contribution in [1.82, 2.24) is 29.5 Å². The van der Waals surface area contributed by atoms with Crippen molar-refractivity contribution in [3.8, 4) is 11.4 Å². The molecule has 0 saturated carbocycles. The molecule has 24 heavy (non-hydrogen) atoms. The van der Waals surface area contributed by atoms with E-state index in [0.29, 0.717) is 24.5 Å². The van der Waals surface area contributed by atoms with E-state index in [1.54, 1.807) is 18.6 Å². The molecule has 0 atom stereocenters. The maximum atomic E-state index is 11.7. The fourth-order valence-electron chi connectivity index (χ4n) is 2.31. The van der Waals surface area contributed by atoms with Crippen LogP contribution in [0.3, 0.4) is 0 Å². The van der Waals surface area contributed by atoms with Crippen LogP contribution in [0.25, 0.3) is 11.4 Å². The second-order valence-corrected chi connectivity index (χ2v) is 5.12. The number of aromatic amines is 2. The zero-order chi connectivity index (χ0) is 16.9. The Morgan fingerprint density at radius 2 is 2.00 bits per heavy atom. The van der Waals surface area contributed by atoms with Crippen molar-refractivity contribution in [3.63, 3.8) is 0 Å². The normalized spacial score (nSPS) is 10.7.